The zero-order valence-electron chi connectivity index (χ0n) is 18.2. The highest BCUT2D eigenvalue weighted by Gasteiger charge is 2.40. The van der Waals surface area contributed by atoms with E-state index in [4.69, 9.17) is 11.6 Å². The fourth-order valence-electron chi connectivity index (χ4n) is 5.19. The average molecular weight is 470 g/mol. The van der Waals surface area contributed by atoms with E-state index >= 15 is 4.39 Å². The van der Waals surface area contributed by atoms with Crippen LogP contribution in [0.2, 0.25) is 5.02 Å². The summed E-state index contributed by atoms with van der Waals surface area (Å²) in [5.41, 5.74) is 2.80. The number of benzene rings is 2. The van der Waals surface area contributed by atoms with Crippen molar-refractivity contribution in [3.63, 3.8) is 0 Å². The molecular formula is C25H25ClFN3O3. The van der Waals surface area contributed by atoms with Crippen LogP contribution in [0.5, 0.6) is 0 Å². The number of carbonyl (C=O) groups is 3. The summed E-state index contributed by atoms with van der Waals surface area (Å²) in [6, 6.07) is 10.3. The smallest absolute Gasteiger partial charge is 0.255 e. The van der Waals surface area contributed by atoms with Gasteiger partial charge in [0.2, 0.25) is 11.8 Å². The lowest BCUT2D eigenvalue weighted by Crippen LogP contribution is -2.52. The van der Waals surface area contributed by atoms with Crippen molar-refractivity contribution in [1.29, 1.82) is 0 Å². The Morgan fingerprint density at radius 3 is 2.55 bits per heavy atom. The number of nitrogens with zero attached hydrogens (tertiary/aromatic N) is 2. The average Bonchev–Trinajstić information content (AvgIpc) is 3.11. The minimum absolute atomic E-state index is 0.0811. The van der Waals surface area contributed by atoms with E-state index < -0.39 is 11.9 Å². The second-order valence-corrected chi connectivity index (χ2v) is 9.48. The normalized spacial score (nSPS) is 21.9. The molecule has 3 aliphatic heterocycles. The molecule has 0 spiro atoms. The fraction of sp³-hybridized carbons (Fsp3) is 0.400. The summed E-state index contributed by atoms with van der Waals surface area (Å²) in [5, 5.41) is 3.05. The molecule has 3 heterocycles. The maximum Gasteiger partial charge on any atom is 0.255 e. The third-order valence-electron chi connectivity index (χ3n) is 7.02. The lowest BCUT2D eigenvalue weighted by atomic mass is 9.87. The maximum absolute atomic E-state index is 15.1. The standard InChI is InChI=1S/C25H25ClFN3O3/c26-20-4-2-1-3-16(20)13-29-9-7-15(8-10-29)18-11-17-14-30(25(33)19(17)12-21(18)27)22-5-6-23(31)28-24(22)32/h1-4,11-12,15,22H,5-10,13-14H2,(H,28,31,32). The van der Waals surface area contributed by atoms with Crippen molar-refractivity contribution in [3.05, 3.63) is 69.5 Å². The molecular weight excluding hydrogens is 445 g/mol. The quantitative estimate of drug-likeness (QED) is 0.694. The minimum atomic E-state index is -0.692. The third kappa shape index (κ3) is 4.27. The number of hydrogen-bond donors (Lipinski definition) is 1. The Labute approximate surface area is 196 Å². The number of hydrogen-bond acceptors (Lipinski definition) is 4. The first-order chi connectivity index (χ1) is 15.9. The maximum atomic E-state index is 15.1. The molecule has 0 bridgehead atoms. The highest BCUT2D eigenvalue weighted by atomic mass is 35.5. The Balaban J connectivity index is 1.27. The number of amides is 3. The van der Waals surface area contributed by atoms with Gasteiger partial charge in [-0.25, -0.2) is 4.39 Å². The van der Waals surface area contributed by atoms with Crippen LogP contribution in [-0.4, -0.2) is 46.7 Å². The highest BCUT2D eigenvalue weighted by Crippen LogP contribution is 2.36. The second kappa shape index (κ2) is 8.88. The molecule has 33 heavy (non-hydrogen) atoms. The Morgan fingerprint density at radius 1 is 1.06 bits per heavy atom. The molecule has 0 radical (unpaired) electrons. The molecule has 2 fully saturated rings. The summed E-state index contributed by atoms with van der Waals surface area (Å²) in [6.45, 7) is 2.72. The van der Waals surface area contributed by atoms with Gasteiger partial charge in [0.1, 0.15) is 11.9 Å². The van der Waals surface area contributed by atoms with Gasteiger partial charge in [-0.15, -0.1) is 0 Å². The SMILES string of the molecule is O=C1CCC(N2Cc3cc(C4CCN(Cc5ccccc5Cl)CC4)c(F)cc3C2=O)C(=O)N1. The van der Waals surface area contributed by atoms with Gasteiger partial charge in [-0.3, -0.25) is 24.6 Å². The first-order valence-electron chi connectivity index (χ1n) is 11.3. The Bertz CT molecular complexity index is 1130. The largest absolute Gasteiger partial charge is 0.322 e. The third-order valence-corrected chi connectivity index (χ3v) is 7.39. The summed E-state index contributed by atoms with van der Waals surface area (Å²) in [4.78, 5) is 40.4. The molecule has 0 aromatic heterocycles. The number of halogens is 2. The van der Waals surface area contributed by atoms with E-state index in [9.17, 15) is 14.4 Å². The van der Waals surface area contributed by atoms with Crippen LogP contribution in [0.1, 0.15) is 58.6 Å². The second-order valence-electron chi connectivity index (χ2n) is 9.07. The molecule has 172 valence electrons. The summed E-state index contributed by atoms with van der Waals surface area (Å²) >= 11 is 6.29. The van der Waals surface area contributed by atoms with Crippen LogP contribution in [-0.2, 0) is 22.7 Å². The Morgan fingerprint density at radius 2 is 1.82 bits per heavy atom. The molecule has 0 saturated carbocycles. The lowest BCUT2D eigenvalue weighted by molar-refractivity contribution is -0.136. The van der Waals surface area contributed by atoms with E-state index in [2.05, 4.69) is 10.2 Å². The highest BCUT2D eigenvalue weighted by molar-refractivity contribution is 6.31. The summed E-state index contributed by atoms with van der Waals surface area (Å²) < 4.78 is 15.1. The molecule has 1 N–H and O–H groups in total. The fourth-order valence-corrected chi connectivity index (χ4v) is 5.39. The van der Waals surface area contributed by atoms with Gasteiger partial charge >= 0.3 is 0 Å². The van der Waals surface area contributed by atoms with Crippen LogP contribution in [0, 0.1) is 5.82 Å². The summed E-state index contributed by atoms with van der Waals surface area (Å²) in [6.07, 6.45) is 2.14. The number of imide groups is 1. The summed E-state index contributed by atoms with van der Waals surface area (Å²) in [7, 11) is 0. The van der Waals surface area contributed by atoms with E-state index in [1.165, 1.54) is 11.0 Å². The number of piperidine rings is 2. The molecule has 2 saturated heterocycles. The number of carbonyl (C=O) groups excluding carboxylic acids is 3. The Kier molecular flexibility index (Phi) is 5.93. The van der Waals surface area contributed by atoms with Gasteiger partial charge in [0.15, 0.2) is 0 Å². The molecule has 3 amide bonds. The molecule has 8 heteroatoms. The molecule has 6 nitrogen and oxygen atoms in total. The van der Waals surface area contributed by atoms with Crippen molar-refractivity contribution in [3.8, 4) is 0 Å². The van der Waals surface area contributed by atoms with Crippen LogP contribution in [0.3, 0.4) is 0 Å². The van der Waals surface area contributed by atoms with Crippen molar-refractivity contribution in [2.24, 2.45) is 0 Å². The molecule has 1 unspecified atom stereocenters. The first kappa shape index (κ1) is 22.0. The number of fused-ring (bicyclic) bond motifs is 1. The molecule has 3 aliphatic rings. The van der Waals surface area contributed by atoms with E-state index in [0.717, 1.165) is 48.6 Å². The lowest BCUT2D eigenvalue weighted by Gasteiger charge is -2.32. The van der Waals surface area contributed by atoms with Crippen molar-refractivity contribution in [2.75, 3.05) is 13.1 Å². The monoisotopic (exact) mass is 469 g/mol. The van der Waals surface area contributed by atoms with Crippen LogP contribution >= 0.6 is 11.6 Å². The van der Waals surface area contributed by atoms with Crippen LogP contribution < -0.4 is 5.32 Å². The van der Waals surface area contributed by atoms with Crippen molar-refractivity contribution < 1.29 is 18.8 Å². The van der Waals surface area contributed by atoms with Gasteiger partial charge in [-0.1, -0.05) is 35.9 Å². The number of likely N-dealkylation sites (tertiary alicyclic amines) is 1. The first-order valence-corrected chi connectivity index (χ1v) is 11.7. The van der Waals surface area contributed by atoms with Gasteiger partial charge in [-0.2, -0.15) is 0 Å². The van der Waals surface area contributed by atoms with E-state index in [1.807, 2.05) is 30.3 Å². The zero-order valence-corrected chi connectivity index (χ0v) is 18.9. The number of nitrogens with one attached hydrogen (secondary N) is 1. The van der Waals surface area contributed by atoms with Crippen LogP contribution in [0.4, 0.5) is 4.39 Å². The van der Waals surface area contributed by atoms with Crippen molar-refractivity contribution >= 4 is 29.3 Å². The van der Waals surface area contributed by atoms with Gasteiger partial charge < -0.3 is 4.90 Å². The van der Waals surface area contributed by atoms with Gasteiger partial charge in [0.05, 0.1) is 0 Å². The van der Waals surface area contributed by atoms with Crippen LogP contribution in [0.25, 0.3) is 0 Å². The van der Waals surface area contributed by atoms with E-state index in [-0.39, 0.29) is 36.5 Å². The number of rotatable bonds is 4. The van der Waals surface area contributed by atoms with Gasteiger partial charge in [-0.05, 0) is 67.1 Å². The summed E-state index contributed by atoms with van der Waals surface area (Å²) in [5.74, 6) is -1.41. The van der Waals surface area contributed by atoms with E-state index in [0.29, 0.717) is 17.5 Å². The zero-order chi connectivity index (χ0) is 23.1. The molecule has 1 atom stereocenters. The van der Waals surface area contributed by atoms with E-state index in [1.54, 1.807) is 0 Å². The van der Waals surface area contributed by atoms with Crippen molar-refractivity contribution in [2.45, 2.75) is 50.7 Å². The Hall–Kier alpha value is -2.77. The minimum Gasteiger partial charge on any atom is -0.322 e. The molecule has 2 aromatic rings. The molecule has 2 aromatic carbocycles. The van der Waals surface area contributed by atoms with Gasteiger partial charge in [0.25, 0.3) is 5.91 Å². The predicted octanol–water partition coefficient (Wildman–Crippen LogP) is 3.62. The van der Waals surface area contributed by atoms with Crippen LogP contribution in [0.15, 0.2) is 36.4 Å². The molecule has 5 rings (SSSR count). The topological polar surface area (TPSA) is 69.7 Å². The van der Waals surface area contributed by atoms with Crippen molar-refractivity contribution in [1.82, 2.24) is 15.1 Å². The van der Waals surface area contributed by atoms with Gasteiger partial charge in [0, 0.05) is 30.1 Å². The predicted molar refractivity (Wildman–Crippen MR) is 121 cm³/mol. The molecule has 0 aliphatic carbocycles.